The number of aryl methyl sites for hydroxylation is 1. The lowest BCUT2D eigenvalue weighted by molar-refractivity contribution is -0.121. The zero-order valence-corrected chi connectivity index (χ0v) is 14.6. The molecule has 0 bridgehead atoms. The third kappa shape index (κ3) is 3.25. The number of carbonyl (C=O) groups is 2. The highest BCUT2D eigenvalue weighted by Gasteiger charge is 2.40. The minimum absolute atomic E-state index is 0.0906. The molecule has 2 aromatic rings. The van der Waals surface area contributed by atoms with Crippen molar-refractivity contribution < 1.29 is 9.59 Å². The minimum atomic E-state index is -0.600. The molecule has 0 aliphatic carbocycles. The number of amides is 2. The molecular weight excluding hydrogens is 347 g/mol. The van der Waals surface area contributed by atoms with Crippen molar-refractivity contribution in [1.29, 1.82) is 0 Å². The van der Waals surface area contributed by atoms with E-state index >= 15 is 0 Å². The quantitative estimate of drug-likeness (QED) is 0.824. The van der Waals surface area contributed by atoms with E-state index in [9.17, 15) is 9.59 Å². The lowest BCUT2D eigenvalue weighted by Crippen LogP contribution is -2.35. The number of nitrogens with zero attached hydrogens (tertiary/aromatic N) is 1. The van der Waals surface area contributed by atoms with Crippen LogP contribution in [0.1, 0.15) is 18.9 Å². The topological polar surface area (TPSA) is 49.4 Å². The monoisotopic (exact) mass is 362 g/mol. The molecule has 0 radical (unpaired) electrons. The van der Waals surface area contributed by atoms with Gasteiger partial charge in [-0.1, -0.05) is 42.3 Å². The maximum atomic E-state index is 12.6. The summed E-state index contributed by atoms with van der Waals surface area (Å²) in [6.45, 7) is 2.08. The van der Waals surface area contributed by atoms with Gasteiger partial charge in [-0.2, -0.15) is 0 Å². The predicted molar refractivity (Wildman–Crippen MR) is 96.8 cm³/mol. The molecule has 6 heteroatoms. The molecule has 0 spiro atoms. The molecule has 0 saturated carbocycles. The Kier molecular flexibility index (Phi) is 4.78. The van der Waals surface area contributed by atoms with Gasteiger partial charge in [-0.15, -0.1) is 0 Å². The molecule has 0 aromatic heterocycles. The van der Waals surface area contributed by atoms with E-state index in [1.165, 1.54) is 11.6 Å². The van der Waals surface area contributed by atoms with E-state index in [4.69, 9.17) is 23.2 Å². The van der Waals surface area contributed by atoms with Crippen molar-refractivity contribution in [2.24, 2.45) is 0 Å². The Balaban J connectivity index is 1.80. The standard InChI is InChI=1S/C18H16Cl2N2O2/c1-2-11-3-6-13(7-4-11)21-15-10-17(23)22(18(15)24)16-8-5-12(19)9-14(16)20/h3-9,15,21H,2,10H2,1H3/t15-/m1/s1. The Morgan fingerprint density at radius 3 is 2.46 bits per heavy atom. The maximum Gasteiger partial charge on any atom is 0.256 e. The van der Waals surface area contributed by atoms with E-state index in [1.54, 1.807) is 12.1 Å². The van der Waals surface area contributed by atoms with Gasteiger partial charge in [0, 0.05) is 10.7 Å². The lowest BCUT2D eigenvalue weighted by Gasteiger charge is -2.17. The van der Waals surface area contributed by atoms with Crippen LogP contribution >= 0.6 is 23.2 Å². The number of hydrogen-bond donors (Lipinski definition) is 1. The molecule has 1 aliphatic heterocycles. The van der Waals surface area contributed by atoms with E-state index in [-0.39, 0.29) is 23.3 Å². The number of imide groups is 1. The van der Waals surface area contributed by atoms with Crippen LogP contribution in [-0.2, 0) is 16.0 Å². The molecule has 4 nitrogen and oxygen atoms in total. The molecule has 1 N–H and O–H groups in total. The number of nitrogens with one attached hydrogen (secondary N) is 1. The Morgan fingerprint density at radius 2 is 1.83 bits per heavy atom. The van der Waals surface area contributed by atoms with Gasteiger partial charge in [0.15, 0.2) is 0 Å². The molecule has 1 fully saturated rings. The van der Waals surface area contributed by atoms with Crippen LogP contribution in [0.2, 0.25) is 10.0 Å². The zero-order valence-electron chi connectivity index (χ0n) is 13.1. The van der Waals surface area contributed by atoms with Crippen LogP contribution in [0.25, 0.3) is 0 Å². The molecular formula is C18H16Cl2N2O2. The first-order valence-corrected chi connectivity index (χ1v) is 8.42. The molecule has 2 amide bonds. The van der Waals surface area contributed by atoms with Gasteiger partial charge in [0.2, 0.25) is 5.91 Å². The molecule has 1 saturated heterocycles. The summed E-state index contributed by atoms with van der Waals surface area (Å²) in [5.74, 6) is -0.601. The molecule has 1 aliphatic rings. The second-order valence-corrected chi connectivity index (χ2v) is 6.46. The van der Waals surface area contributed by atoms with Crippen molar-refractivity contribution in [1.82, 2.24) is 0 Å². The third-order valence-corrected chi connectivity index (χ3v) is 4.54. The summed E-state index contributed by atoms with van der Waals surface area (Å²) in [6.07, 6.45) is 1.04. The number of anilines is 2. The highest BCUT2D eigenvalue weighted by Crippen LogP contribution is 2.33. The Labute approximate surface area is 150 Å². The smallest absolute Gasteiger partial charge is 0.256 e. The second-order valence-electron chi connectivity index (χ2n) is 5.61. The zero-order chi connectivity index (χ0) is 17.3. The SMILES string of the molecule is CCc1ccc(N[C@@H]2CC(=O)N(c3ccc(Cl)cc3Cl)C2=O)cc1. The summed E-state index contributed by atoms with van der Waals surface area (Å²) >= 11 is 12.0. The van der Waals surface area contributed by atoms with Gasteiger partial charge < -0.3 is 5.32 Å². The Morgan fingerprint density at radius 1 is 1.12 bits per heavy atom. The average molecular weight is 363 g/mol. The van der Waals surface area contributed by atoms with Gasteiger partial charge in [0.1, 0.15) is 6.04 Å². The molecule has 1 atom stereocenters. The molecule has 1 heterocycles. The van der Waals surface area contributed by atoms with Crippen LogP contribution in [-0.4, -0.2) is 17.9 Å². The number of hydrogen-bond acceptors (Lipinski definition) is 3. The minimum Gasteiger partial charge on any atom is -0.373 e. The van der Waals surface area contributed by atoms with E-state index < -0.39 is 6.04 Å². The summed E-state index contributed by atoms with van der Waals surface area (Å²) < 4.78 is 0. The van der Waals surface area contributed by atoms with Crippen LogP contribution in [0.5, 0.6) is 0 Å². The third-order valence-electron chi connectivity index (χ3n) is 4.00. The summed E-state index contributed by atoms with van der Waals surface area (Å²) in [7, 11) is 0. The Bertz CT molecular complexity index is 790. The molecule has 24 heavy (non-hydrogen) atoms. The van der Waals surface area contributed by atoms with Crippen LogP contribution in [0.4, 0.5) is 11.4 Å². The van der Waals surface area contributed by atoms with Gasteiger partial charge in [-0.3, -0.25) is 9.59 Å². The normalized spacial score (nSPS) is 17.5. The average Bonchev–Trinajstić information content (AvgIpc) is 2.83. The van der Waals surface area contributed by atoms with Crippen molar-refractivity contribution in [2.45, 2.75) is 25.8 Å². The van der Waals surface area contributed by atoms with Crippen LogP contribution < -0.4 is 10.2 Å². The van der Waals surface area contributed by atoms with Crippen molar-refractivity contribution in [3.8, 4) is 0 Å². The fourth-order valence-corrected chi connectivity index (χ4v) is 3.19. The van der Waals surface area contributed by atoms with Crippen LogP contribution in [0, 0.1) is 0 Å². The fraction of sp³-hybridized carbons (Fsp3) is 0.222. The van der Waals surface area contributed by atoms with E-state index in [2.05, 4.69) is 12.2 Å². The van der Waals surface area contributed by atoms with Crippen molar-refractivity contribution in [3.63, 3.8) is 0 Å². The van der Waals surface area contributed by atoms with Crippen molar-refractivity contribution in [2.75, 3.05) is 10.2 Å². The van der Waals surface area contributed by atoms with Crippen LogP contribution in [0.3, 0.4) is 0 Å². The highest BCUT2D eigenvalue weighted by molar-refractivity contribution is 6.38. The number of benzene rings is 2. The van der Waals surface area contributed by atoms with E-state index in [0.717, 1.165) is 17.0 Å². The van der Waals surface area contributed by atoms with Gasteiger partial charge in [-0.25, -0.2) is 4.90 Å². The first-order valence-electron chi connectivity index (χ1n) is 7.67. The van der Waals surface area contributed by atoms with Crippen LogP contribution in [0.15, 0.2) is 42.5 Å². The number of rotatable bonds is 4. The number of halogens is 2. The fourth-order valence-electron chi connectivity index (χ4n) is 2.70. The van der Waals surface area contributed by atoms with Gasteiger partial charge in [0.05, 0.1) is 17.1 Å². The summed E-state index contributed by atoms with van der Waals surface area (Å²) in [5, 5.41) is 3.85. The molecule has 3 rings (SSSR count). The van der Waals surface area contributed by atoms with Gasteiger partial charge in [0.25, 0.3) is 5.91 Å². The summed E-state index contributed by atoms with van der Waals surface area (Å²) in [6, 6.07) is 11.9. The Hall–Kier alpha value is -2.04. The molecule has 0 unspecified atom stereocenters. The number of carbonyl (C=O) groups excluding carboxylic acids is 2. The second kappa shape index (κ2) is 6.83. The van der Waals surface area contributed by atoms with Gasteiger partial charge in [-0.05, 0) is 42.3 Å². The van der Waals surface area contributed by atoms with Crippen molar-refractivity contribution in [3.05, 3.63) is 58.1 Å². The highest BCUT2D eigenvalue weighted by atomic mass is 35.5. The van der Waals surface area contributed by atoms with Gasteiger partial charge >= 0.3 is 0 Å². The maximum absolute atomic E-state index is 12.6. The van der Waals surface area contributed by atoms with E-state index in [0.29, 0.717) is 10.7 Å². The molecule has 124 valence electrons. The predicted octanol–water partition coefficient (Wildman–Crippen LogP) is 4.30. The summed E-state index contributed by atoms with van der Waals surface area (Å²) in [4.78, 5) is 26.1. The van der Waals surface area contributed by atoms with E-state index in [1.807, 2.05) is 24.3 Å². The first kappa shape index (κ1) is 16.8. The first-order chi connectivity index (χ1) is 11.5. The van der Waals surface area contributed by atoms with Crippen molar-refractivity contribution >= 4 is 46.4 Å². The largest absolute Gasteiger partial charge is 0.373 e. The molecule has 2 aromatic carbocycles. The summed E-state index contributed by atoms with van der Waals surface area (Å²) in [5.41, 5.74) is 2.38. The lowest BCUT2D eigenvalue weighted by atomic mass is 10.1.